The lowest BCUT2D eigenvalue weighted by atomic mass is 10.2. The number of ether oxygens (including phenoxy) is 2. The van der Waals surface area contributed by atoms with E-state index in [1.807, 2.05) is 0 Å². The number of thioether (sulfide) groups is 1. The van der Waals surface area contributed by atoms with E-state index in [4.69, 9.17) is 21.1 Å². The van der Waals surface area contributed by atoms with Crippen molar-refractivity contribution in [2.24, 2.45) is 4.99 Å². The molecule has 0 fully saturated rings. The number of carbonyl (C=O) groups is 2. The Bertz CT molecular complexity index is 1140. The molecule has 1 aliphatic heterocycles. The minimum Gasteiger partial charge on any atom is -0.497 e. The van der Waals surface area contributed by atoms with Crippen LogP contribution >= 0.6 is 23.4 Å². The summed E-state index contributed by atoms with van der Waals surface area (Å²) in [5, 5.41) is 2.24. The Morgan fingerprint density at radius 2 is 1.88 bits per heavy atom. The van der Waals surface area contributed by atoms with Gasteiger partial charge in [0.05, 0.1) is 30.7 Å². The second-order valence-corrected chi connectivity index (χ2v) is 8.19. The highest BCUT2D eigenvalue weighted by atomic mass is 35.5. The third-order valence-corrected chi connectivity index (χ3v) is 5.71. The number of nitrogens with zero attached hydrogens (tertiary/aromatic N) is 2. The van der Waals surface area contributed by atoms with Crippen LogP contribution in [0.25, 0.3) is 6.08 Å². The fourth-order valence-electron chi connectivity index (χ4n) is 2.85. The van der Waals surface area contributed by atoms with E-state index in [1.54, 1.807) is 41.7 Å². The minimum atomic E-state index is -4.53. The molecule has 0 aliphatic carbocycles. The van der Waals surface area contributed by atoms with Crippen molar-refractivity contribution in [1.82, 2.24) is 5.32 Å². The molecule has 3 rings (SSSR count). The first kappa shape index (κ1) is 25.4. The van der Waals surface area contributed by atoms with Gasteiger partial charge in [-0.1, -0.05) is 35.5 Å². The molecule has 1 N–H and O–H groups in total. The number of hydrogen-bond acceptors (Lipinski definition) is 6. The Labute approximate surface area is 202 Å². The first-order valence-corrected chi connectivity index (χ1v) is 11.1. The number of amidine groups is 1. The van der Waals surface area contributed by atoms with Crippen LogP contribution < -0.4 is 19.7 Å². The smallest absolute Gasteiger partial charge is 0.405 e. The van der Waals surface area contributed by atoms with Gasteiger partial charge in [-0.15, -0.1) is 0 Å². The summed E-state index contributed by atoms with van der Waals surface area (Å²) in [7, 11) is 2.95. The minimum absolute atomic E-state index is 0.0808. The van der Waals surface area contributed by atoms with Crippen molar-refractivity contribution < 1.29 is 32.2 Å². The number of halogens is 4. The predicted molar refractivity (Wildman–Crippen MR) is 125 cm³/mol. The first-order chi connectivity index (χ1) is 16.1. The zero-order chi connectivity index (χ0) is 24.9. The lowest BCUT2D eigenvalue weighted by Crippen LogP contribution is -2.36. The second kappa shape index (κ2) is 10.8. The molecule has 0 radical (unpaired) electrons. The van der Waals surface area contributed by atoms with E-state index in [2.05, 4.69) is 4.99 Å². The Morgan fingerprint density at radius 3 is 2.50 bits per heavy atom. The lowest BCUT2D eigenvalue weighted by molar-refractivity contribution is -0.136. The zero-order valence-corrected chi connectivity index (χ0v) is 19.6. The quantitative estimate of drug-likeness (QED) is 0.551. The van der Waals surface area contributed by atoms with Gasteiger partial charge in [-0.3, -0.25) is 14.5 Å². The Balaban J connectivity index is 1.89. The van der Waals surface area contributed by atoms with E-state index in [9.17, 15) is 22.8 Å². The van der Waals surface area contributed by atoms with Crippen molar-refractivity contribution >= 4 is 52.1 Å². The van der Waals surface area contributed by atoms with E-state index in [-0.39, 0.29) is 16.6 Å². The van der Waals surface area contributed by atoms with Crippen molar-refractivity contribution in [3.8, 4) is 11.5 Å². The van der Waals surface area contributed by atoms with E-state index < -0.39 is 24.5 Å². The van der Waals surface area contributed by atoms with Crippen LogP contribution in [0.4, 0.5) is 18.9 Å². The molecule has 7 nitrogen and oxygen atoms in total. The molecule has 0 aromatic heterocycles. The molecule has 1 aliphatic rings. The van der Waals surface area contributed by atoms with Crippen molar-refractivity contribution in [2.45, 2.75) is 6.18 Å². The highest BCUT2D eigenvalue weighted by Gasteiger charge is 2.33. The second-order valence-electron chi connectivity index (χ2n) is 6.84. The summed E-state index contributed by atoms with van der Waals surface area (Å²) < 4.78 is 47.4. The number of aliphatic imine (C=N–C) groups is 1. The number of alkyl halides is 3. The molecule has 0 spiro atoms. The monoisotopic (exact) mass is 513 g/mol. The summed E-state index contributed by atoms with van der Waals surface area (Å²) in [5.74, 6) is -0.762. The molecule has 0 atom stereocenters. The van der Waals surface area contributed by atoms with Gasteiger partial charge in [-0.05, 0) is 35.9 Å². The van der Waals surface area contributed by atoms with Crippen LogP contribution in [-0.4, -0.2) is 49.7 Å². The average Bonchev–Trinajstić information content (AvgIpc) is 3.11. The maximum atomic E-state index is 13.2. The first-order valence-electron chi connectivity index (χ1n) is 9.70. The number of benzene rings is 2. The average molecular weight is 514 g/mol. The van der Waals surface area contributed by atoms with Crippen LogP contribution in [0.3, 0.4) is 0 Å². The van der Waals surface area contributed by atoms with Gasteiger partial charge in [0.25, 0.3) is 5.91 Å². The highest BCUT2D eigenvalue weighted by Crippen LogP contribution is 2.34. The molecular formula is C22H19ClF3N3O4S. The third-order valence-electron chi connectivity index (χ3n) is 4.46. The van der Waals surface area contributed by atoms with Gasteiger partial charge in [0.15, 0.2) is 5.17 Å². The fraction of sp³-hybridized carbons (Fsp3) is 0.227. The van der Waals surface area contributed by atoms with Gasteiger partial charge in [0.1, 0.15) is 23.7 Å². The van der Waals surface area contributed by atoms with Gasteiger partial charge in [0.2, 0.25) is 5.91 Å². The van der Waals surface area contributed by atoms with Gasteiger partial charge in [0, 0.05) is 6.07 Å². The van der Waals surface area contributed by atoms with E-state index >= 15 is 0 Å². The number of methoxy groups -OCH3 is 2. The summed E-state index contributed by atoms with van der Waals surface area (Å²) in [4.78, 5) is 30.7. The topological polar surface area (TPSA) is 80.2 Å². The molecule has 2 aromatic rings. The third kappa shape index (κ3) is 6.45. The number of carbonyl (C=O) groups excluding carboxylic acids is 2. The summed E-state index contributed by atoms with van der Waals surface area (Å²) in [5.41, 5.74) is 1.12. The maximum absolute atomic E-state index is 13.2. The molecule has 0 bridgehead atoms. The molecule has 34 heavy (non-hydrogen) atoms. The number of nitrogens with one attached hydrogen (secondary N) is 1. The van der Waals surface area contributed by atoms with Crippen LogP contribution in [0, 0.1) is 0 Å². The van der Waals surface area contributed by atoms with Gasteiger partial charge < -0.3 is 14.8 Å². The maximum Gasteiger partial charge on any atom is 0.405 e. The lowest BCUT2D eigenvalue weighted by Gasteiger charge is -2.19. The number of anilines is 1. The Morgan fingerprint density at radius 1 is 1.18 bits per heavy atom. The van der Waals surface area contributed by atoms with Crippen LogP contribution in [0.2, 0.25) is 5.02 Å². The van der Waals surface area contributed by atoms with Crippen LogP contribution in [0.15, 0.2) is 53.2 Å². The largest absolute Gasteiger partial charge is 0.497 e. The molecule has 2 aromatic carbocycles. The molecule has 1 heterocycles. The summed E-state index contributed by atoms with van der Waals surface area (Å²) in [6, 6.07) is 11.5. The van der Waals surface area contributed by atoms with Crippen molar-refractivity contribution in [1.29, 1.82) is 0 Å². The number of amides is 2. The van der Waals surface area contributed by atoms with E-state index in [1.165, 1.54) is 31.3 Å². The molecule has 0 saturated heterocycles. The number of hydrogen-bond donors (Lipinski definition) is 1. The van der Waals surface area contributed by atoms with Gasteiger partial charge >= 0.3 is 6.18 Å². The van der Waals surface area contributed by atoms with E-state index in [0.717, 1.165) is 11.8 Å². The summed E-state index contributed by atoms with van der Waals surface area (Å²) >= 11 is 6.91. The SMILES string of the molecule is COc1ccc(/C=C2\N=C(SCC(=O)NCC(F)(F)F)N(c3ccc(Cl)c(OC)c3)C2=O)cc1. The van der Waals surface area contributed by atoms with Gasteiger partial charge in [-0.2, -0.15) is 13.2 Å². The fourth-order valence-corrected chi connectivity index (χ4v) is 3.88. The molecule has 0 unspecified atom stereocenters. The van der Waals surface area contributed by atoms with Crippen LogP contribution in [0.1, 0.15) is 5.56 Å². The Kier molecular flexibility index (Phi) is 8.11. The van der Waals surface area contributed by atoms with E-state index in [0.29, 0.717) is 27.8 Å². The molecule has 12 heteroatoms. The predicted octanol–water partition coefficient (Wildman–Crippen LogP) is 4.51. The summed E-state index contributed by atoms with van der Waals surface area (Å²) in [6.07, 6.45) is -2.97. The number of rotatable bonds is 7. The Hall–Kier alpha value is -3.18. The summed E-state index contributed by atoms with van der Waals surface area (Å²) in [6.45, 7) is -1.45. The molecule has 180 valence electrons. The normalized spacial score (nSPS) is 14.9. The van der Waals surface area contributed by atoms with Crippen LogP contribution in [0.5, 0.6) is 11.5 Å². The van der Waals surface area contributed by atoms with Crippen molar-refractivity contribution in [3.63, 3.8) is 0 Å². The van der Waals surface area contributed by atoms with Crippen LogP contribution in [-0.2, 0) is 9.59 Å². The van der Waals surface area contributed by atoms with Crippen molar-refractivity contribution in [2.75, 3.05) is 31.4 Å². The van der Waals surface area contributed by atoms with Gasteiger partial charge in [-0.25, -0.2) is 4.99 Å². The standard InChI is InChI=1S/C22H19ClF3N3O4S/c1-32-15-6-3-13(4-7-15)9-17-20(31)29(14-5-8-16(23)18(10-14)33-2)21(28-17)34-11-19(30)27-12-22(24,25)26/h3-10H,11-12H2,1-2H3,(H,27,30)/b17-9-. The molecule has 2 amide bonds. The zero-order valence-electron chi connectivity index (χ0n) is 18.0. The highest BCUT2D eigenvalue weighted by molar-refractivity contribution is 8.14. The van der Waals surface area contributed by atoms with Crippen molar-refractivity contribution in [3.05, 3.63) is 58.7 Å². The molecule has 0 saturated carbocycles. The molecular weight excluding hydrogens is 495 g/mol.